The number of ether oxygens (including phenoxy) is 1. The smallest absolute Gasteiger partial charge is 0.170 e. The second kappa shape index (κ2) is 6.41. The summed E-state index contributed by atoms with van der Waals surface area (Å²) in [6.45, 7) is -0.0199. The Bertz CT molecular complexity index is 693. The highest BCUT2D eigenvalue weighted by atomic mass is 35.5. The number of rotatable bonds is 4. The molecule has 2 aromatic carbocycles. The number of amidine groups is 1. The minimum atomic E-state index is -0.673. The molecule has 0 amide bonds. The van der Waals surface area contributed by atoms with Gasteiger partial charge in [0.2, 0.25) is 0 Å². The maximum atomic E-state index is 13.8. The number of nitrogens with zero attached hydrogens (tertiary/aromatic N) is 1. The molecule has 0 spiro atoms. The number of halogens is 3. The van der Waals surface area contributed by atoms with Crippen molar-refractivity contribution in [3.8, 4) is 5.75 Å². The van der Waals surface area contributed by atoms with Gasteiger partial charge in [0.25, 0.3) is 0 Å². The molecular formula is C14H11ClF2N2O2. The maximum Gasteiger partial charge on any atom is 0.170 e. The molecule has 2 rings (SSSR count). The normalized spacial score (nSPS) is 11.5. The maximum absolute atomic E-state index is 13.8. The van der Waals surface area contributed by atoms with Crippen molar-refractivity contribution >= 4 is 17.4 Å². The zero-order valence-electron chi connectivity index (χ0n) is 10.7. The Balaban J connectivity index is 2.11. The quantitative estimate of drug-likeness (QED) is 0.394. The van der Waals surface area contributed by atoms with Gasteiger partial charge in [0.1, 0.15) is 12.4 Å². The summed E-state index contributed by atoms with van der Waals surface area (Å²) in [7, 11) is 0. The molecule has 0 heterocycles. The van der Waals surface area contributed by atoms with Crippen molar-refractivity contribution in [2.45, 2.75) is 6.61 Å². The Morgan fingerprint density at radius 2 is 1.95 bits per heavy atom. The first-order chi connectivity index (χ1) is 10.0. The van der Waals surface area contributed by atoms with Crippen molar-refractivity contribution in [2.24, 2.45) is 10.9 Å². The van der Waals surface area contributed by atoms with Gasteiger partial charge in [-0.1, -0.05) is 22.8 Å². The van der Waals surface area contributed by atoms with Crippen LogP contribution in [0.5, 0.6) is 5.75 Å². The summed E-state index contributed by atoms with van der Waals surface area (Å²) in [5, 5.41) is 11.3. The molecule has 0 saturated carbocycles. The highest BCUT2D eigenvalue weighted by Gasteiger charge is 2.08. The second-order valence-corrected chi connectivity index (χ2v) is 4.57. The van der Waals surface area contributed by atoms with Crippen LogP contribution in [0.4, 0.5) is 8.78 Å². The van der Waals surface area contributed by atoms with E-state index in [0.717, 1.165) is 6.07 Å². The lowest BCUT2D eigenvalue weighted by Crippen LogP contribution is -2.13. The molecule has 110 valence electrons. The molecule has 4 nitrogen and oxygen atoms in total. The molecule has 0 atom stereocenters. The zero-order valence-corrected chi connectivity index (χ0v) is 11.4. The van der Waals surface area contributed by atoms with Crippen molar-refractivity contribution in [3.63, 3.8) is 0 Å². The molecule has 0 radical (unpaired) electrons. The Morgan fingerprint density at radius 1 is 1.19 bits per heavy atom. The lowest BCUT2D eigenvalue weighted by molar-refractivity contribution is 0.289. The van der Waals surface area contributed by atoms with Gasteiger partial charge in [-0.2, -0.15) is 0 Å². The predicted octanol–water partition coefficient (Wildman–Crippen LogP) is 3.29. The largest absolute Gasteiger partial charge is 0.486 e. The molecule has 0 bridgehead atoms. The average Bonchev–Trinajstić information content (AvgIpc) is 2.48. The summed E-state index contributed by atoms with van der Waals surface area (Å²) in [6, 6.07) is 8.05. The van der Waals surface area contributed by atoms with E-state index in [1.54, 1.807) is 6.07 Å². The summed E-state index contributed by atoms with van der Waals surface area (Å²) in [5.41, 5.74) is 6.08. The standard InChI is InChI=1S/C14H11ClF2N2O2/c15-10-3-1-8(5-11(10)16)7-21-13-4-2-9(6-12(13)17)14(18)19-20/h1-6,20H,7H2,(H2,18,19). The predicted molar refractivity (Wildman–Crippen MR) is 74.7 cm³/mol. The van der Waals surface area contributed by atoms with Crippen LogP contribution in [-0.2, 0) is 6.61 Å². The fourth-order valence-electron chi connectivity index (χ4n) is 1.63. The Hall–Kier alpha value is -2.34. The van der Waals surface area contributed by atoms with E-state index < -0.39 is 11.6 Å². The molecule has 0 aromatic heterocycles. The third-order valence-electron chi connectivity index (χ3n) is 2.71. The van der Waals surface area contributed by atoms with E-state index in [1.165, 1.54) is 24.3 Å². The van der Waals surface area contributed by atoms with Crippen LogP contribution in [0.15, 0.2) is 41.6 Å². The van der Waals surface area contributed by atoms with E-state index in [-0.39, 0.29) is 28.8 Å². The van der Waals surface area contributed by atoms with Gasteiger partial charge in [-0.15, -0.1) is 0 Å². The molecule has 0 aliphatic rings. The lowest BCUT2D eigenvalue weighted by atomic mass is 10.2. The first-order valence-corrected chi connectivity index (χ1v) is 6.23. The minimum absolute atomic E-state index is 0.00745. The van der Waals surface area contributed by atoms with E-state index in [9.17, 15) is 8.78 Å². The van der Waals surface area contributed by atoms with Crippen molar-refractivity contribution in [1.29, 1.82) is 0 Å². The van der Waals surface area contributed by atoms with Crippen LogP contribution >= 0.6 is 11.6 Å². The molecule has 0 unspecified atom stereocenters. The number of hydrogen-bond acceptors (Lipinski definition) is 3. The SMILES string of the molecule is N/C(=N/O)c1ccc(OCc2ccc(Cl)c(F)c2)c(F)c1. The summed E-state index contributed by atoms with van der Waals surface area (Å²) >= 11 is 5.56. The van der Waals surface area contributed by atoms with E-state index in [2.05, 4.69) is 5.16 Å². The minimum Gasteiger partial charge on any atom is -0.486 e. The van der Waals surface area contributed by atoms with Crippen molar-refractivity contribution in [3.05, 3.63) is 64.2 Å². The van der Waals surface area contributed by atoms with Crippen molar-refractivity contribution in [1.82, 2.24) is 0 Å². The first-order valence-electron chi connectivity index (χ1n) is 5.85. The molecule has 3 N–H and O–H groups in total. The Kier molecular flexibility index (Phi) is 4.59. The Morgan fingerprint density at radius 3 is 2.57 bits per heavy atom. The van der Waals surface area contributed by atoms with Gasteiger partial charge >= 0.3 is 0 Å². The van der Waals surface area contributed by atoms with Gasteiger partial charge in [0.05, 0.1) is 5.02 Å². The molecule has 0 aliphatic heterocycles. The molecular weight excluding hydrogens is 302 g/mol. The number of benzene rings is 2. The van der Waals surface area contributed by atoms with Crippen LogP contribution < -0.4 is 10.5 Å². The number of hydrogen-bond donors (Lipinski definition) is 2. The average molecular weight is 313 g/mol. The number of oxime groups is 1. The lowest BCUT2D eigenvalue weighted by Gasteiger charge is -2.09. The van der Waals surface area contributed by atoms with Gasteiger partial charge in [-0.25, -0.2) is 8.78 Å². The van der Waals surface area contributed by atoms with Gasteiger partial charge in [-0.3, -0.25) is 0 Å². The van der Waals surface area contributed by atoms with E-state index in [1.807, 2.05) is 0 Å². The second-order valence-electron chi connectivity index (χ2n) is 4.17. The zero-order chi connectivity index (χ0) is 15.4. The van der Waals surface area contributed by atoms with Gasteiger partial charge in [-0.05, 0) is 35.9 Å². The topological polar surface area (TPSA) is 67.8 Å². The fraction of sp³-hybridized carbons (Fsp3) is 0.0714. The van der Waals surface area contributed by atoms with Crippen molar-refractivity contribution in [2.75, 3.05) is 0 Å². The monoisotopic (exact) mass is 312 g/mol. The summed E-state index contributed by atoms with van der Waals surface area (Å²) in [4.78, 5) is 0. The van der Waals surface area contributed by atoms with Crippen LogP contribution in [-0.4, -0.2) is 11.0 Å². The molecule has 0 saturated heterocycles. The molecule has 0 fully saturated rings. The van der Waals surface area contributed by atoms with Gasteiger partial charge in [0, 0.05) is 5.56 Å². The molecule has 7 heteroatoms. The highest BCUT2D eigenvalue weighted by molar-refractivity contribution is 6.30. The molecule has 0 aliphatic carbocycles. The van der Waals surface area contributed by atoms with Gasteiger partial charge < -0.3 is 15.7 Å². The number of nitrogens with two attached hydrogens (primary N) is 1. The summed E-state index contributed by atoms with van der Waals surface area (Å²) in [5.74, 6) is -1.48. The van der Waals surface area contributed by atoms with Crippen LogP contribution in [0, 0.1) is 11.6 Å². The van der Waals surface area contributed by atoms with Crippen LogP contribution in [0.1, 0.15) is 11.1 Å². The van der Waals surface area contributed by atoms with Crippen LogP contribution in [0.3, 0.4) is 0 Å². The third kappa shape index (κ3) is 3.61. The third-order valence-corrected chi connectivity index (χ3v) is 3.02. The Labute approximate surface area is 124 Å². The molecule has 2 aromatic rings. The summed E-state index contributed by atoms with van der Waals surface area (Å²) < 4.78 is 32.3. The van der Waals surface area contributed by atoms with E-state index in [0.29, 0.717) is 5.56 Å². The first kappa shape index (κ1) is 15.1. The van der Waals surface area contributed by atoms with E-state index in [4.69, 9.17) is 27.3 Å². The van der Waals surface area contributed by atoms with E-state index >= 15 is 0 Å². The summed E-state index contributed by atoms with van der Waals surface area (Å²) in [6.07, 6.45) is 0. The van der Waals surface area contributed by atoms with Crippen LogP contribution in [0.2, 0.25) is 5.02 Å². The highest BCUT2D eigenvalue weighted by Crippen LogP contribution is 2.21. The fourth-order valence-corrected chi connectivity index (χ4v) is 1.74. The van der Waals surface area contributed by atoms with Gasteiger partial charge in [0.15, 0.2) is 17.4 Å². The molecule has 21 heavy (non-hydrogen) atoms. The van der Waals surface area contributed by atoms with Crippen molar-refractivity contribution < 1.29 is 18.7 Å². The van der Waals surface area contributed by atoms with Crippen LogP contribution in [0.25, 0.3) is 0 Å².